The molecule has 3 aromatic rings. The molecule has 180 valence electrons. The minimum Gasteiger partial charge on any atom is -0.494 e. The Bertz CT molecular complexity index is 1260. The first-order valence-corrected chi connectivity index (χ1v) is 12.2. The van der Waals surface area contributed by atoms with Gasteiger partial charge in [0.2, 0.25) is 0 Å². The maximum Gasteiger partial charge on any atom is 0.273 e. The van der Waals surface area contributed by atoms with Crippen molar-refractivity contribution >= 4 is 17.3 Å². The summed E-state index contributed by atoms with van der Waals surface area (Å²) in [6.45, 7) is 0. The van der Waals surface area contributed by atoms with Crippen molar-refractivity contribution in [2.24, 2.45) is 17.8 Å². The maximum atomic E-state index is 13.7. The highest BCUT2D eigenvalue weighted by molar-refractivity contribution is 6.06. The van der Waals surface area contributed by atoms with Gasteiger partial charge in [-0.15, -0.1) is 0 Å². The number of benzene rings is 2. The molecule has 8 nitrogen and oxygen atoms in total. The molecular weight excluding hydrogens is 444 g/mol. The number of nitro benzene ring substituents is 1. The fraction of sp³-hybridized carbons (Fsp3) is 0.407. The number of carbonyl (C=O) groups is 1. The Morgan fingerprint density at radius 2 is 1.74 bits per heavy atom. The van der Waals surface area contributed by atoms with E-state index in [-0.39, 0.29) is 22.8 Å². The third-order valence-electron chi connectivity index (χ3n) is 8.16. The van der Waals surface area contributed by atoms with Crippen molar-refractivity contribution in [1.82, 2.24) is 9.78 Å². The molecule has 4 fully saturated rings. The summed E-state index contributed by atoms with van der Waals surface area (Å²) < 4.78 is 7.15. The van der Waals surface area contributed by atoms with Crippen molar-refractivity contribution in [1.29, 1.82) is 0 Å². The van der Waals surface area contributed by atoms with Gasteiger partial charge in [-0.2, -0.15) is 5.10 Å². The predicted octanol–water partition coefficient (Wildman–Crippen LogP) is 5.51. The highest BCUT2D eigenvalue weighted by atomic mass is 16.6. The van der Waals surface area contributed by atoms with Gasteiger partial charge in [0.25, 0.3) is 11.6 Å². The lowest BCUT2D eigenvalue weighted by molar-refractivity contribution is -0.384. The number of para-hydroxylation sites is 1. The van der Waals surface area contributed by atoms with Crippen LogP contribution in [-0.2, 0) is 5.41 Å². The van der Waals surface area contributed by atoms with Crippen LogP contribution in [0.25, 0.3) is 5.69 Å². The van der Waals surface area contributed by atoms with E-state index in [2.05, 4.69) is 5.32 Å². The van der Waals surface area contributed by atoms with Crippen molar-refractivity contribution in [2.45, 2.75) is 43.9 Å². The molecule has 1 heterocycles. The number of hydrogen-bond donors (Lipinski definition) is 1. The third kappa shape index (κ3) is 3.77. The van der Waals surface area contributed by atoms with Crippen molar-refractivity contribution < 1.29 is 14.5 Å². The van der Waals surface area contributed by atoms with Crippen molar-refractivity contribution in [3.8, 4) is 11.4 Å². The first-order chi connectivity index (χ1) is 16.9. The molecular formula is C27H28N4O4. The Labute approximate surface area is 203 Å². The maximum absolute atomic E-state index is 13.7. The number of methoxy groups -OCH3 is 1. The number of ether oxygens (including phenoxy) is 1. The van der Waals surface area contributed by atoms with E-state index >= 15 is 0 Å². The molecule has 1 aromatic heterocycles. The van der Waals surface area contributed by atoms with Crippen LogP contribution in [0.1, 0.15) is 54.6 Å². The molecule has 4 aliphatic carbocycles. The number of rotatable bonds is 6. The molecule has 4 saturated carbocycles. The molecule has 0 aliphatic heterocycles. The van der Waals surface area contributed by atoms with Crippen LogP contribution < -0.4 is 10.1 Å². The van der Waals surface area contributed by atoms with Gasteiger partial charge in [-0.05, 0) is 74.5 Å². The van der Waals surface area contributed by atoms with Gasteiger partial charge < -0.3 is 10.1 Å². The molecule has 0 unspecified atom stereocenters. The fourth-order valence-corrected chi connectivity index (χ4v) is 7.13. The zero-order chi connectivity index (χ0) is 24.2. The highest BCUT2D eigenvalue weighted by Crippen LogP contribution is 2.61. The summed E-state index contributed by atoms with van der Waals surface area (Å²) in [5.41, 5.74) is 2.60. The lowest BCUT2D eigenvalue weighted by Crippen LogP contribution is -2.49. The van der Waals surface area contributed by atoms with E-state index in [0.29, 0.717) is 29.0 Å². The molecule has 0 spiro atoms. The Hall–Kier alpha value is -3.68. The number of hydrogen-bond acceptors (Lipinski definition) is 5. The largest absolute Gasteiger partial charge is 0.494 e. The van der Waals surface area contributed by atoms with Gasteiger partial charge in [0, 0.05) is 17.7 Å². The van der Waals surface area contributed by atoms with Gasteiger partial charge >= 0.3 is 0 Å². The van der Waals surface area contributed by atoms with Crippen LogP contribution in [0.15, 0.2) is 54.7 Å². The third-order valence-corrected chi connectivity index (χ3v) is 8.16. The lowest BCUT2D eigenvalue weighted by atomic mass is 9.48. The van der Waals surface area contributed by atoms with Crippen LogP contribution in [0, 0.1) is 27.9 Å². The molecule has 1 amide bonds. The first-order valence-electron chi connectivity index (χ1n) is 12.2. The summed E-state index contributed by atoms with van der Waals surface area (Å²) in [5, 5.41) is 19.2. The SMILES string of the molecule is COc1cc([N+](=O)[O-])ccc1NC(=O)c1cn(-c2ccccc2)nc1C12CC3CC(CC(C3)C1)C2. The Kier molecular flexibility index (Phi) is 5.12. The number of non-ortho nitro benzene ring substituents is 1. The van der Waals surface area contributed by atoms with Crippen LogP contribution in [0.2, 0.25) is 0 Å². The quantitative estimate of drug-likeness (QED) is 0.377. The summed E-state index contributed by atoms with van der Waals surface area (Å²) in [6, 6.07) is 14.1. The van der Waals surface area contributed by atoms with Crippen LogP contribution in [0.4, 0.5) is 11.4 Å². The van der Waals surface area contributed by atoms with E-state index in [1.165, 1.54) is 44.6 Å². The molecule has 8 heteroatoms. The summed E-state index contributed by atoms with van der Waals surface area (Å²) in [4.78, 5) is 24.4. The summed E-state index contributed by atoms with van der Waals surface area (Å²) in [7, 11) is 1.43. The van der Waals surface area contributed by atoms with Gasteiger partial charge in [-0.25, -0.2) is 4.68 Å². The monoisotopic (exact) mass is 472 g/mol. The molecule has 0 atom stereocenters. The number of nitrogens with one attached hydrogen (secondary N) is 1. The second-order valence-electron chi connectivity index (χ2n) is 10.5. The second kappa shape index (κ2) is 8.22. The summed E-state index contributed by atoms with van der Waals surface area (Å²) in [6.07, 6.45) is 9.01. The molecule has 4 bridgehead atoms. The standard InChI is InChI=1S/C27H28N4O4/c1-35-24-12-21(31(33)34)7-8-23(24)28-26(32)22-16-30(20-5-3-2-4-6-20)29-25(22)27-13-17-9-18(14-27)11-19(10-17)15-27/h2-8,12,16-19H,9-11,13-15H2,1H3,(H,28,32). The van der Waals surface area contributed by atoms with E-state index < -0.39 is 4.92 Å². The highest BCUT2D eigenvalue weighted by Gasteiger charge is 2.54. The summed E-state index contributed by atoms with van der Waals surface area (Å²) in [5.74, 6) is 2.13. The van der Waals surface area contributed by atoms with Crippen LogP contribution >= 0.6 is 0 Å². The van der Waals surface area contributed by atoms with E-state index in [9.17, 15) is 14.9 Å². The smallest absolute Gasteiger partial charge is 0.273 e. The lowest BCUT2D eigenvalue weighted by Gasteiger charge is -2.56. The number of amides is 1. The number of anilines is 1. The van der Waals surface area contributed by atoms with E-state index in [1.807, 2.05) is 41.2 Å². The summed E-state index contributed by atoms with van der Waals surface area (Å²) >= 11 is 0. The molecule has 35 heavy (non-hydrogen) atoms. The molecule has 1 N–H and O–H groups in total. The number of carbonyl (C=O) groups excluding carboxylic acids is 1. The molecule has 7 rings (SSSR count). The van der Waals surface area contributed by atoms with Crippen LogP contribution in [0.3, 0.4) is 0 Å². The zero-order valence-electron chi connectivity index (χ0n) is 19.6. The van der Waals surface area contributed by atoms with Crippen LogP contribution in [-0.4, -0.2) is 27.7 Å². The number of nitro groups is 1. The fourth-order valence-electron chi connectivity index (χ4n) is 7.13. The Balaban J connectivity index is 1.40. The number of nitrogens with zero attached hydrogens (tertiary/aromatic N) is 3. The van der Waals surface area contributed by atoms with Gasteiger partial charge in [-0.3, -0.25) is 14.9 Å². The Morgan fingerprint density at radius 1 is 1.09 bits per heavy atom. The van der Waals surface area contributed by atoms with Crippen molar-refractivity contribution in [2.75, 3.05) is 12.4 Å². The zero-order valence-corrected chi connectivity index (χ0v) is 19.6. The minimum absolute atomic E-state index is 0.0684. The van der Waals surface area contributed by atoms with Gasteiger partial charge in [0.05, 0.1) is 40.7 Å². The topological polar surface area (TPSA) is 99.3 Å². The average molecular weight is 473 g/mol. The Morgan fingerprint density at radius 3 is 2.34 bits per heavy atom. The van der Waals surface area contributed by atoms with Crippen molar-refractivity contribution in [3.63, 3.8) is 0 Å². The first kappa shape index (κ1) is 21.8. The second-order valence-corrected chi connectivity index (χ2v) is 10.5. The molecule has 0 saturated heterocycles. The predicted molar refractivity (Wildman–Crippen MR) is 131 cm³/mol. The minimum atomic E-state index is -0.483. The van der Waals surface area contributed by atoms with E-state index in [0.717, 1.165) is 30.6 Å². The average Bonchev–Trinajstić information content (AvgIpc) is 3.31. The van der Waals surface area contributed by atoms with Crippen molar-refractivity contribution in [3.05, 3.63) is 76.1 Å². The molecule has 0 radical (unpaired) electrons. The van der Waals surface area contributed by atoms with Gasteiger partial charge in [0.15, 0.2) is 0 Å². The van der Waals surface area contributed by atoms with E-state index in [1.54, 1.807) is 0 Å². The molecule has 4 aliphatic rings. The van der Waals surface area contributed by atoms with Gasteiger partial charge in [0.1, 0.15) is 5.75 Å². The van der Waals surface area contributed by atoms with E-state index in [4.69, 9.17) is 9.84 Å². The van der Waals surface area contributed by atoms with Gasteiger partial charge in [-0.1, -0.05) is 18.2 Å². The van der Waals surface area contributed by atoms with Crippen LogP contribution in [0.5, 0.6) is 5.75 Å². The molecule has 2 aromatic carbocycles. The normalized spacial score (nSPS) is 26.5. The number of aromatic nitrogens is 2.